The van der Waals surface area contributed by atoms with Crippen molar-refractivity contribution < 1.29 is 9.53 Å². The molecule has 3 aromatic rings. The van der Waals surface area contributed by atoms with Crippen molar-refractivity contribution >= 4 is 22.9 Å². The Hall–Kier alpha value is -3.15. The van der Waals surface area contributed by atoms with Crippen LogP contribution in [0.3, 0.4) is 0 Å². The highest BCUT2D eigenvalue weighted by molar-refractivity contribution is 5.88. The second kappa shape index (κ2) is 6.31. The van der Waals surface area contributed by atoms with Gasteiger partial charge in [0.1, 0.15) is 11.9 Å². The summed E-state index contributed by atoms with van der Waals surface area (Å²) >= 11 is 0. The average Bonchev–Trinajstić information content (AvgIpc) is 2.98. The van der Waals surface area contributed by atoms with Gasteiger partial charge < -0.3 is 9.72 Å². The number of hydrogen-bond donors (Lipinski definition) is 2. The summed E-state index contributed by atoms with van der Waals surface area (Å²) in [5.41, 5.74) is 2.82. The minimum atomic E-state index is -0.554. The molecule has 23 heavy (non-hydrogen) atoms. The van der Waals surface area contributed by atoms with Crippen LogP contribution in [0.2, 0.25) is 0 Å². The van der Waals surface area contributed by atoms with Crippen LogP contribution < -0.4 is 5.32 Å². The number of nitrogens with zero attached hydrogens (tertiary/aromatic N) is 2. The average molecular weight is 308 g/mol. The van der Waals surface area contributed by atoms with Crippen molar-refractivity contribution in [3.05, 3.63) is 55.3 Å². The van der Waals surface area contributed by atoms with Gasteiger partial charge in [-0.25, -0.2) is 14.8 Å². The van der Waals surface area contributed by atoms with E-state index in [-0.39, 0.29) is 6.10 Å². The van der Waals surface area contributed by atoms with Crippen molar-refractivity contribution in [1.82, 2.24) is 15.0 Å². The minimum Gasteiger partial charge on any atom is -0.442 e. The van der Waals surface area contributed by atoms with E-state index in [0.29, 0.717) is 11.3 Å². The van der Waals surface area contributed by atoms with E-state index in [1.807, 2.05) is 30.3 Å². The van der Waals surface area contributed by atoms with E-state index in [0.717, 1.165) is 16.9 Å². The number of rotatable bonds is 4. The first-order valence-electron chi connectivity index (χ1n) is 7.17. The van der Waals surface area contributed by atoms with E-state index >= 15 is 0 Å². The first kappa shape index (κ1) is 14.8. The lowest BCUT2D eigenvalue weighted by molar-refractivity contribution is 0.142. The van der Waals surface area contributed by atoms with Crippen LogP contribution in [0, 0.1) is 0 Å². The zero-order valence-electron chi connectivity index (χ0n) is 12.6. The number of nitrogens with one attached hydrogen (secondary N) is 2. The SMILES string of the molecule is C=CC(C)OC(=O)Nc1cnc2nc(-c3ccccc3)[nH]c2c1. The smallest absolute Gasteiger partial charge is 0.412 e. The number of imidazole rings is 1. The molecule has 0 spiro atoms. The lowest BCUT2D eigenvalue weighted by Crippen LogP contribution is -2.18. The second-order valence-corrected chi connectivity index (χ2v) is 5.02. The zero-order valence-corrected chi connectivity index (χ0v) is 12.6. The van der Waals surface area contributed by atoms with Gasteiger partial charge in [0, 0.05) is 5.56 Å². The Kier molecular flexibility index (Phi) is 4.05. The van der Waals surface area contributed by atoms with Gasteiger partial charge in [-0.15, -0.1) is 0 Å². The van der Waals surface area contributed by atoms with E-state index in [2.05, 4.69) is 26.8 Å². The van der Waals surface area contributed by atoms with Gasteiger partial charge in [-0.3, -0.25) is 5.32 Å². The number of fused-ring (bicyclic) bond motifs is 1. The second-order valence-electron chi connectivity index (χ2n) is 5.02. The fourth-order valence-corrected chi connectivity index (χ4v) is 2.07. The number of pyridine rings is 1. The lowest BCUT2D eigenvalue weighted by atomic mass is 10.2. The van der Waals surface area contributed by atoms with Crippen LogP contribution in [0.4, 0.5) is 10.5 Å². The normalized spacial score (nSPS) is 11.9. The molecule has 2 aromatic heterocycles. The van der Waals surface area contributed by atoms with Crippen molar-refractivity contribution in [3.8, 4) is 11.4 Å². The maximum Gasteiger partial charge on any atom is 0.412 e. The first-order chi connectivity index (χ1) is 11.2. The summed E-state index contributed by atoms with van der Waals surface area (Å²) in [7, 11) is 0. The third-order valence-corrected chi connectivity index (χ3v) is 3.26. The summed E-state index contributed by atoms with van der Waals surface area (Å²) in [6, 6.07) is 11.5. The lowest BCUT2D eigenvalue weighted by Gasteiger charge is -2.09. The molecule has 1 atom stereocenters. The summed E-state index contributed by atoms with van der Waals surface area (Å²) in [4.78, 5) is 23.6. The van der Waals surface area contributed by atoms with Crippen molar-refractivity contribution in [3.63, 3.8) is 0 Å². The summed E-state index contributed by atoms with van der Waals surface area (Å²) in [6.07, 6.45) is 2.17. The van der Waals surface area contributed by atoms with E-state index in [1.54, 1.807) is 19.1 Å². The van der Waals surface area contributed by atoms with E-state index < -0.39 is 6.09 Å². The molecule has 6 heteroatoms. The molecule has 0 saturated heterocycles. The van der Waals surface area contributed by atoms with Gasteiger partial charge in [0.15, 0.2) is 5.65 Å². The molecule has 1 amide bonds. The van der Waals surface area contributed by atoms with E-state index in [4.69, 9.17) is 4.74 Å². The Morgan fingerprint density at radius 1 is 1.39 bits per heavy atom. The van der Waals surface area contributed by atoms with Crippen LogP contribution in [0.5, 0.6) is 0 Å². The Balaban J connectivity index is 1.82. The Labute approximate surface area is 133 Å². The van der Waals surface area contributed by atoms with Gasteiger partial charge in [0.25, 0.3) is 0 Å². The number of amides is 1. The Morgan fingerprint density at radius 3 is 2.91 bits per heavy atom. The molecule has 2 N–H and O–H groups in total. The maximum absolute atomic E-state index is 11.7. The fourth-order valence-electron chi connectivity index (χ4n) is 2.07. The minimum absolute atomic E-state index is 0.358. The molecule has 0 fully saturated rings. The number of anilines is 1. The Morgan fingerprint density at radius 2 is 2.17 bits per heavy atom. The van der Waals surface area contributed by atoms with Crippen LogP contribution in [0.25, 0.3) is 22.6 Å². The molecular formula is C17H16N4O2. The molecule has 0 aliphatic heterocycles. The number of carbonyl (C=O) groups excluding carboxylic acids is 1. The van der Waals surface area contributed by atoms with Crippen molar-refractivity contribution in [2.45, 2.75) is 13.0 Å². The standard InChI is InChI=1S/C17H16N4O2/c1-3-11(2)23-17(22)19-13-9-14-16(18-10-13)21-15(20-14)12-7-5-4-6-8-12/h3-11H,1H2,2H3,(H,19,22)(H,18,20,21). The number of carbonyl (C=O) groups is 1. The number of H-pyrrole nitrogens is 1. The zero-order chi connectivity index (χ0) is 16.2. The van der Waals surface area contributed by atoms with Crippen LogP contribution >= 0.6 is 0 Å². The monoisotopic (exact) mass is 308 g/mol. The molecule has 2 heterocycles. The summed E-state index contributed by atoms with van der Waals surface area (Å²) in [6.45, 7) is 5.29. The van der Waals surface area contributed by atoms with Gasteiger partial charge in [0.2, 0.25) is 0 Å². The molecule has 1 aromatic carbocycles. The number of benzene rings is 1. The largest absolute Gasteiger partial charge is 0.442 e. The summed E-state index contributed by atoms with van der Waals surface area (Å²) in [5.74, 6) is 0.730. The number of ether oxygens (including phenoxy) is 1. The van der Waals surface area contributed by atoms with Gasteiger partial charge in [-0.2, -0.15) is 0 Å². The van der Waals surface area contributed by atoms with Crippen LogP contribution in [-0.2, 0) is 4.74 Å². The van der Waals surface area contributed by atoms with Crippen molar-refractivity contribution in [2.75, 3.05) is 5.32 Å². The highest BCUT2D eigenvalue weighted by atomic mass is 16.6. The first-order valence-corrected chi connectivity index (χ1v) is 7.17. The molecule has 3 rings (SSSR count). The molecule has 6 nitrogen and oxygen atoms in total. The van der Waals surface area contributed by atoms with E-state index in [1.165, 1.54) is 6.20 Å². The molecule has 1 unspecified atom stereocenters. The van der Waals surface area contributed by atoms with E-state index in [9.17, 15) is 4.79 Å². The predicted molar refractivity (Wildman–Crippen MR) is 89.1 cm³/mol. The van der Waals surface area contributed by atoms with Crippen LogP contribution in [0.1, 0.15) is 6.92 Å². The van der Waals surface area contributed by atoms with Crippen LogP contribution in [0.15, 0.2) is 55.3 Å². The molecular weight excluding hydrogens is 292 g/mol. The predicted octanol–water partition coefficient (Wildman–Crippen LogP) is 3.75. The van der Waals surface area contributed by atoms with Gasteiger partial charge in [-0.1, -0.05) is 43.0 Å². The molecule has 0 saturated carbocycles. The van der Waals surface area contributed by atoms with Gasteiger partial charge >= 0.3 is 6.09 Å². The molecule has 0 bridgehead atoms. The van der Waals surface area contributed by atoms with Crippen LogP contribution in [-0.4, -0.2) is 27.1 Å². The number of aromatic nitrogens is 3. The number of hydrogen-bond acceptors (Lipinski definition) is 4. The van der Waals surface area contributed by atoms with Gasteiger partial charge in [-0.05, 0) is 13.0 Å². The topological polar surface area (TPSA) is 79.9 Å². The third kappa shape index (κ3) is 3.37. The summed E-state index contributed by atoms with van der Waals surface area (Å²) < 4.78 is 5.07. The number of aromatic amines is 1. The molecule has 116 valence electrons. The fraction of sp³-hybridized carbons (Fsp3) is 0.118. The quantitative estimate of drug-likeness (QED) is 0.719. The Bertz CT molecular complexity index is 842. The van der Waals surface area contributed by atoms with Gasteiger partial charge in [0.05, 0.1) is 17.4 Å². The van der Waals surface area contributed by atoms with Crippen molar-refractivity contribution in [2.24, 2.45) is 0 Å². The molecule has 0 aliphatic carbocycles. The summed E-state index contributed by atoms with van der Waals surface area (Å²) in [5, 5.41) is 2.63. The highest BCUT2D eigenvalue weighted by Crippen LogP contribution is 2.21. The maximum atomic E-state index is 11.7. The molecule has 0 aliphatic rings. The third-order valence-electron chi connectivity index (χ3n) is 3.26. The molecule has 0 radical (unpaired) electrons. The van der Waals surface area contributed by atoms with Crippen molar-refractivity contribution in [1.29, 1.82) is 0 Å². The highest BCUT2D eigenvalue weighted by Gasteiger charge is 2.10.